The summed E-state index contributed by atoms with van der Waals surface area (Å²) in [5, 5.41) is 2.83. The van der Waals surface area contributed by atoms with Gasteiger partial charge in [-0.05, 0) is 49.9 Å². The second kappa shape index (κ2) is 11.8. The molecule has 1 atom stereocenters. The second-order valence-electron chi connectivity index (χ2n) is 8.26. The Morgan fingerprint density at radius 3 is 2.06 bits per heavy atom. The van der Waals surface area contributed by atoms with Crippen molar-refractivity contribution in [1.82, 2.24) is 10.2 Å². The van der Waals surface area contributed by atoms with E-state index >= 15 is 0 Å². The van der Waals surface area contributed by atoms with Gasteiger partial charge in [-0.3, -0.25) is 13.9 Å². The molecule has 1 unspecified atom stereocenters. The maximum atomic E-state index is 13.4. The van der Waals surface area contributed by atoms with Gasteiger partial charge in [-0.25, -0.2) is 8.42 Å². The van der Waals surface area contributed by atoms with Crippen LogP contribution in [0.4, 0.5) is 5.69 Å². The molecule has 0 spiro atoms. The molecule has 8 heteroatoms. The highest BCUT2D eigenvalue weighted by Crippen LogP contribution is 2.20. The van der Waals surface area contributed by atoms with E-state index in [4.69, 9.17) is 0 Å². The average Bonchev–Trinajstić information content (AvgIpc) is 2.79. The lowest BCUT2D eigenvalue weighted by Crippen LogP contribution is -2.51. The molecule has 7 nitrogen and oxygen atoms in total. The van der Waals surface area contributed by atoms with Gasteiger partial charge in [0.2, 0.25) is 21.8 Å². The summed E-state index contributed by atoms with van der Waals surface area (Å²) in [6.07, 6.45) is 2.68. The number of nitrogens with zero attached hydrogens (tertiary/aromatic N) is 2. The number of hydrogen-bond donors (Lipinski definition) is 1. The SMILES string of the molecule is CCCNC(=O)C(C)N(Cc1ccc(C)cc1)C(=O)CN(c1ccc(CC)cc1)S(C)(=O)=O. The van der Waals surface area contributed by atoms with Crippen molar-refractivity contribution in [2.45, 2.75) is 53.1 Å². The number of carbonyl (C=O) groups excluding carboxylic acids is 2. The van der Waals surface area contributed by atoms with Gasteiger partial charge in [0, 0.05) is 13.1 Å². The van der Waals surface area contributed by atoms with Gasteiger partial charge in [-0.15, -0.1) is 0 Å². The summed E-state index contributed by atoms with van der Waals surface area (Å²) in [5.41, 5.74) is 3.44. The van der Waals surface area contributed by atoms with E-state index in [1.54, 1.807) is 19.1 Å². The van der Waals surface area contributed by atoms with Gasteiger partial charge in [0.05, 0.1) is 11.9 Å². The fraction of sp³-hybridized carbons (Fsp3) is 0.440. The zero-order valence-corrected chi connectivity index (χ0v) is 21.0. The maximum Gasteiger partial charge on any atom is 0.244 e. The predicted molar refractivity (Wildman–Crippen MR) is 133 cm³/mol. The van der Waals surface area contributed by atoms with E-state index in [1.807, 2.05) is 57.2 Å². The van der Waals surface area contributed by atoms with Gasteiger partial charge in [0.15, 0.2) is 0 Å². The van der Waals surface area contributed by atoms with Crippen LogP contribution in [-0.4, -0.2) is 50.5 Å². The van der Waals surface area contributed by atoms with Crippen molar-refractivity contribution in [2.75, 3.05) is 23.7 Å². The third kappa shape index (κ3) is 7.60. The van der Waals surface area contributed by atoms with Crippen LogP contribution >= 0.6 is 0 Å². The normalized spacial score (nSPS) is 12.2. The minimum absolute atomic E-state index is 0.201. The third-order valence-corrected chi connectivity index (χ3v) is 6.64. The summed E-state index contributed by atoms with van der Waals surface area (Å²) in [6, 6.07) is 14.0. The van der Waals surface area contributed by atoms with Gasteiger partial charge >= 0.3 is 0 Å². The van der Waals surface area contributed by atoms with Crippen LogP contribution in [-0.2, 0) is 32.6 Å². The van der Waals surface area contributed by atoms with E-state index < -0.39 is 22.0 Å². The van der Waals surface area contributed by atoms with Gasteiger partial charge in [-0.2, -0.15) is 0 Å². The Balaban J connectivity index is 2.34. The lowest BCUT2D eigenvalue weighted by Gasteiger charge is -2.31. The molecular formula is C25H35N3O4S. The molecule has 0 aliphatic rings. The van der Waals surface area contributed by atoms with Crippen LogP contribution < -0.4 is 9.62 Å². The summed E-state index contributed by atoms with van der Waals surface area (Å²) < 4.78 is 26.2. The van der Waals surface area contributed by atoms with E-state index in [2.05, 4.69) is 5.32 Å². The lowest BCUT2D eigenvalue weighted by molar-refractivity contribution is -0.139. The van der Waals surface area contributed by atoms with E-state index in [-0.39, 0.29) is 19.0 Å². The van der Waals surface area contributed by atoms with Crippen LogP contribution in [0.1, 0.15) is 43.9 Å². The summed E-state index contributed by atoms with van der Waals surface area (Å²) in [5.74, 6) is -0.713. The van der Waals surface area contributed by atoms with Crippen molar-refractivity contribution in [2.24, 2.45) is 0 Å². The molecule has 0 bridgehead atoms. The maximum absolute atomic E-state index is 13.4. The predicted octanol–water partition coefficient (Wildman–Crippen LogP) is 3.27. The standard InChI is InChI=1S/C25H35N3O4S/c1-6-16-26-25(30)20(4)27(17-22-10-8-19(3)9-11-22)24(29)18-28(33(5,31)32)23-14-12-21(7-2)13-15-23/h8-15,20H,6-7,16-18H2,1-5H3,(H,26,30). The van der Waals surface area contributed by atoms with Crippen LogP contribution in [0.5, 0.6) is 0 Å². The monoisotopic (exact) mass is 473 g/mol. The highest BCUT2D eigenvalue weighted by atomic mass is 32.2. The second-order valence-corrected chi connectivity index (χ2v) is 10.2. The van der Waals surface area contributed by atoms with Crippen LogP contribution in [0.2, 0.25) is 0 Å². The van der Waals surface area contributed by atoms with Crippen molar-refractivity contribution < 1.29 is 18.0 Å². The molecular weight excluding hydrogens is 438 g/mol. The van der Waals surface area contributed by atoms with Crippen LogP contribution in [0.3, 0.4) is 0 Å². The first-order chi connectivity index (χ1) is 15.6. The summed E-state index contributed by atoms with van der Waals surface area (Å²) in [4.78, 5) is 27.5. The fourth-order valence-corrected chi connectivity index (χ4v) is 4.23. The molecule has 0 fully saturated rings. The van der Waals surface area contributed by atoms with E-state index in [0.29, 0.717) is 12.2 Å². The number of benzene rings is 2. The number of sulfonamides is 1. The van der Waals surface area contributed by atoms with Crippen molar-refractivity contribution in [3.63, 3.8) is 0 Å². The molecule has 0 heterocycles. The molecule has 0 saturated carbocycles. The topological polar surface area (TPSA) is 86.8 Å². The molecule has 0 aromatic heterocycles. The smallest absolute Gasteiger partial charge is 0.244 e. The molecule has 0 aliphatic heterocycles. The first kappa shape index (κ1) is 26.4. The molecule has 1 N–H and O–H groups in total. The molecule has 2 amide bonds. The number of anilines is 1. The minimum Gasteiger partial charge on any atom is -0.354 e. The molecule has 0 radical (unpaired) electrons. The summed E-state index contributed by atoms with van der Waals surface area (Å²) >= 11 is 0. The van der Waals surface area contributed by atoms with Crippen molar-refractivity contribution in [3.8, 4) is 0 Å². The average molecular weight is 474 g/mol. The first-order valence-electron chi connectivity index (χ1n) is 11.3. The van der Waals surface area contributed by atoms with E-state index in [1.165, 1.54) is 4.90 Å². The zero-order valence-electron chi connectivity index (χ0n) is 20.2. The van der Waals surface area contributed by atoms with Gasteiger partial charge < -0.3 is 10.2 Å². The van der Waals surface area contributed by atoms with E-state index in [9.17, 15) is 18.0 Å². The Kier molecular flexibility index (Phi) is 9.46. The molecule has 2 aromatic rings. The molecule has 2 aromatic carbocycles. The molecule has 0 saturated heterocycles. The Bertz CT molecular complexity index is 1030. The van der Waals surface area contributed by atoms with Gasteiger partial charge in [-0.1, -0.05) is 55.8 Å². The Labute approximate surface area is 197 Å². The number of nitrogens with one attached hydrogen (secondary N) is 1. The highest BCUT2D eigenvalue weighted by molar-refractivity contribution is 7.92. The largest absolute Gasteiger partial charge is 0.354 e. The summed E-state index contributed by atoms with van der Waals surface area (Å²) in [7, 11) is -3.72. The molecule has 33 heavy (non-hydrogen) atoms. The zero-order chi connectivity index (χ0) is 24.6. The Morgan fingerprint density at radius 2 is 1.55 bits per heavy atom. The minimum atomic E-state index is -3.72. The Morgan fingerprint density at radius 1 is 0.970 bits per heavy atom. The van der Waals surface area contributed by atoms with Crippen molar-refractivity contribution in [3.05, 3.63) is 65.2 Å². The van der Waals surface area contributed by atoms with Crippen LogP contribution in [0.25, 0.3) is 0 Å². The fourth-order valence-electron chi connectivity index (χ4n) is 3.38. The van der Waals surface area contributed by atoms with Crippen molar-refractivity contribution in [1.29, 1.82) is 0 Å². The quantitative estimate of drug-likeness (QED) is 0.543. The van der Waals surface area contributed by atoms with Crippen LogP contribution in [0.15, 0.2) is 48.5 Å². The van der Waals surface area contributed by atoms with Crippen LogP contribution in [0, 0.1) is 6.92 Å². The number of rotatable bonds is 11. The van der Waals surface area contributed by atoms with Crippen molar-refractivity contribution >= 4 is 27.5 Å². The molecule has 180 valence electrons. The number of amides is 2. The number of aryl methyl sites for hydroxylation is 2. The lowest BCUT2D eigenvalue weighted by atomic mass is 10.1. The highest BCUT2D eigenvalue weighted by Gasteiger charge is 2.29. The summed E-state index contributed by atoms with van der Waals surface area (Å²) in [6.45, 7) is 7.93. The van der Waals surface area contributed by atoms with E-state index in [0.717, 1.165) is 40.1 Å². The first-order valence-corrected chi connectivity index (χ1v) is 13.1. The molecule has 2 rings (SSSR count). The molecule has 0 aliphatic carbocycles. The number of hydrogen-bond acceptors (Lipinski definition) is 4. The number of carbonyl (C=O) groups is 2. The third-order valence-electron chi connectivity index (χ3n) is 5.50. The van der Waals surface area contributed by atoms with Gasteiger partial charge in [0.25, 0.3) is 0 Å². The Hall–Kier alpha value is -2.87. The van der Waals surface area contributed by atoms with Gasteiger partial charge in [0.1, 0.15) is 12.6 Å².